The summed E-state index contributed by atoms with van der Waals surface area (Å²) in [6.07, 6.45) is 3.01. The number of rotatable bonds is 6. The van der Waals surface area contributed by atoms with Crippen LogP contribution >= 0.6 is 0 Å². The van der Waals surface area contributed by atoms with E-state index in [0.717, 1.165) is 19.4 Å². The molecule has 0 radical (unpaired) electrons. The molecule has 1 rings (SSSR count). The number of ether oxygens (including phenoxy) is 1. The van der Waals surface area contributed by atoms with Crippen LogP contribution in [0.5, 0.6) is 0 Å². The van der Waals surface area contributed by atoms with E-state index in [2.05, 4.69) is 10.6 Å². The highest BCUT2D eigenvalue weighted by Crippen LogP contribution is 2.10. The topological polar surface area (TPSA) is 67.4 Å². The number of unbranched alkanes of at least 4 members (excludes halogenated alkanes) is 1. The summed E-state index contributed by atoms with van der Waals surface area (Å²) in [5, 5.41) is 5.58. The molecule has 1 unspecified atom stereocenters. The first-order chi connectivity index (χ1) is 7.74. The normalized spacial score (nSPS) is 20.3. The van der Waals surface area contributed by atoms with E-state index in [9.17, 15) is 9.59 Å². The van der Waals surface area contributed by atoms with Crippen molar-refractivity contribution in [2.75, 3.05) is 26.8 Å². The molecule has 1 aliphatic heterocycles. The summed E-state index contributed by atoms with van der Waals surface area (Å²) >= 11 is 0. The van der Waals surface area contributed by atoms with Crippen LogP contribution in [0.3, 0.4) is 0 Å². The van der Waals surface area contributed by atoms with Crippen LogP contribution in [-0.2, 0) is 14.3 Å². The lowest BCUT2D eigenvalue weighted by Crippen LogP contribution is -2.43. The molecule has 5 heteroatoms. The Hall–Kier alpha value is -1.10. The summed E-state index contributed by atoms with van der Waals surface area (Å²) in [5.74, 6) is 0.0432. The van der Waals surface area contributed by atoms with Crippen LogP contribution in [0.1, 0.15) is 25.7 Å². The van der Waals surface area contributed by atoms with Gasteiger partial charge in [0.1, 0.15) is 0 Å². The van der Waals surface area contributed by atoms with Gasteiger partial charge in [0.15, 0.2) is 0 Å². The van der Waals surface area contributed by atoms with Gasteiger partial charge in [0.25, 0.3) is 0 Å². The van der Waals surface area contributed by atoms with Gasteiger partial charge in [0.2, 0.25) is 11.8 Å². The van der Waals surface area contributed by atoms with Crippen LogP contribution in [0, 0.1) is 5.92 Å². The first-order valence-electron chi connectivity index (χ1n) is 5.77. The van der Waals surface area contributed by atoms with Gasteiger partial charge in [-0.25, -0.2) is 0 Å². The molecule has 1 saturated heterocycles. The molecule has 2 N–H and O–H groups in total. The van der Waals surface area contributed by atoms with Gasteiger partial charge in [-0.3, -0.25) is 9.59 Å². The Kier molecular flexibility index (Phi) is 5.85. The van der Waals surface area contributed by atoms with Crippen molar-refractivity contribution in [3.63, 3.8) is 0 Å². The number of amides is 2. The van der Waals surface area contributed by atoms with Crippen molar-refractivity contribution in [3.8, 4) is 0 Å². The highest BCUT2D eigenvalue weighted by Gasteiger charge is 2.23. The van der Waals surface area contributed by atoms with Crippen LogP contribution in [0.2, 0.25) is 0 Å². The van der Waals surface area contributed by atoms with E-state index in [-0.39, 0.29) is 17.7 Å². The Balaban J connectivity index is 2.08. The van der Waals surface area contributed by atoms with Gasteiger partial charge in [0.05, 0.1) is 5.92 Å². The largest absolute Gasteiger partial charge is 0.385 e. The fourth-order valence-electron chi connectivity index (χ4n) is 1.68. The second-order valence-corrected chi connectivity index (χ2v) is 4.03. The molecule has 1 atom stereocenters. The minimum Gasteiger partial charge on any atom is -0.385 e. The van der Waals surface area contributed by atoms with Gasteiger partial charge in [-0.1, -0.05) is 0 Å². The maximum atomic E-state index is 11.6. The van der Waals surface area contributed by atoms with Crippen LogP contribution in [0.15, 0.2) is 0 Å². The van der Waals surface area contributed by atoms with Gasteiger partial charge in [-0.05, 0) is 19.3 Å². The smallest absolute Gasteiger partial charge is 0.224 e. The quantitative estimate of drug-likeness (QED) is 0.631. The summed E-state index contributed by atoms with van der Waals surface area (Å²) < 4.78 is 4.92. The molecule has 0 bridgehead atoms. The number of carbonyl (C=O) groups is 2. The third-order valence-corrected chi connectivity index (χ3v) is 2.71. The molecule has 1 fully saturated rings. The summed E-state index contributed by atoms with van der Waals surface area (Å²) in [7, 11) is 1.67. The highest BCUT2D eigenvalue weighted by molar-refractivity contribution is 5.83. The van der Waals surface area contributed by atoms with Gasteiger partial charge >= 0.3 is 0 Å². The maximum absolute atomic E-state index is 11.6. The molecule has 0 aliphatic carbocycles. The predicted molar refractivity (Wildman–Crippen MR) is 59.9 cm³/mol. The first-order valence-corrected chi connectivity index (χ1v) is 5.77. The number of nitrogens with one attached hydrogen (secondary N) is 2. The zero-order valence-electron chi connectivity index (χ0n) is 9.75. The Labute approximate surface area is 95.9 Å². The molecule has 0 aromatic carbocycles. The van der Waals surface area contributed by atoms with Crippen molar-refractivity contribution < 1.29 is 14.3 Å². The molecule has 1 aliphatic rings. The Morgan fingerprint density at radius 3 is 3.00 bits per heavy atom. The first kappa shape index (κ1) is 13.0. The maximum Gasteiger partial charge on any atom is 0.224 e. The molecule has 2 amide bonds. The molecule has 16 heavy (non-hydrogen) atoms. The van der Waals surface area contributed by atoms with Crippen molar-refractivity contribution in [2.24, 2.45) is 5.92 Å². The van der Waals surface area contributed by atoms with Crippen molar-refractivity contribution in [2.45, 2.75) is 25.7 Å². The fourth-order valence-corrected chi connectivity index (χ4v) is 1.68. The predicted octanol–water partition coefficient (Wildman–Crippen LogP) is 0.0554. The second kappa shape index (κ2) is 7.22. The number of methoxy groups -OCH3 is 1. The molecule has 0 saturated carbocycles. The van der Waals surface area contributed by atoms with Crippen LogP contribution in [-0.4, -0.2) is 38.6 Å². The van der Waals surface area contributed by atoms with E-state index in [4.69, 9.17) is 4.74 Å². The van der Waals surface area contributed by atoms with E-state index in [1.165, 1.54) is 0 Å². The van der Waals surface area contributed by atoms with E-state index in [1.54, 1.807) is 7.11 Å². The van der Waals surface area contributed by atoms with Crippen LogP contribution in [0.4, 0.5) is 0 Å². The number of hydrogen-bond donors (Lipinski definition) is 2. The summed E-state index contributed by atoms with van der Waals surface area (Å²) in [4.78, 5) is 22.6. The highest BCUT2D eigenvalue weighted by atomic mass is 16.5. The molecular formula is C11H20N2O3. The van der Waals surface area contributed by atoms with E-state index >= 15 is 0 Å². The second-order valence-electron chi connectivity index (χ2n) is 4.03. The molecule has 0 aromatic rings. The minimum absolute atomic E-state index is 0.0455. The zero-order chi connectivity index (χ0) is 11.8. The van der Waals surface area contributed by atoms with Gasteiger partial charge < -0.3 is 15.4 Å². The lowest BCUT2D eigenvalue weighted by atomic mass is 9.98. The van der Waals surface area contributed by atoms with Crippen LogP contribution in [0.25, 0.3) is 0 Å². The van der Waals surface area contributed by atoms with Crippen LogP contribution < -0.4 is 10.6 Å². The SMILES string of the molecule is COCCCCNC(=O)C1CCC(=O)NC1. The van der Waals surface area contributed by atoms with Crippen molar-refractivity contribution in [1.29, 1.82) is 0 Å². The molecule has 0 aromatic heterocycles. The Bertz CT molecular complexity index is 233. The molecule has 5 nitrogen and oxygen atoms in total. The Morgan fingerprint density at radius 1 is 1.56 bits per heavy atom. The number of piperidine rings is 1. The lowest BCUT2D eigenvalue weighted by Gasteiger charge is -2.21. The average molecular weight is 228 g/mol. The number of hydrogen-bond acceptors (Lipinski definition) is 3. The summed E-state index contributed by atoms with van der Waals surface area (Å²) in [6, 6.07) is 0. The Morgan fingerprint density at radius 2 is 2.38 bits per heavy atom. The van der Waals surface area contributed by atoms with Crippen molar-refractivity contribution >= 4 is 11.8 Å². The third-order valence-electron chi connectivity index (χ3n) is 2.71. The molecule has 1 heterocycles. The average Bonchev–Trinajstić information content (AvgIpc) is 2.29. The van der Waals surface area contributed by atoms with Gasteiger partial charge in [-0.15, -0.1) is 0 Å². The van der Waals surface area contributed by atoms with E-state index in [0.29, 0.717) is 25.9 Å². The minimum atomic E-state index is -0.0554. The summed E-state index contributed by atoms with van der Waals surface area (Å²) in [5.41, 5.74) is 0. The lowest BCUT2D eigenvalue weighted by molar-refractivity contribution is -0.128. The standard InChI is InChI=1S/C11H20N2O3/c1-16-7-3-2-6-12-11(15)9-4-5-10(14)13-8-9/h9H,2-8H2,1H3,(H,12,15)(H,13,14). The summed E-state index contributed by atoms with van der Waals surface area (Å²) in [6.45, 7) is 1.89. The molecule has 0 spiro atoms. The van der Waals surface area contributed by atoms with E-state index < -0.39 is 0 Å². The molecular weight excluding hydrogens is 208 g/mol. The number of carbonyl (C=O) groups excluding carboxylic acids is 2. The third kappa shape index (κ3) is 4.61. The van der Waals surface area contributed by atoms with E-state index in [1.807, 2.05) is 0 Å². The molecule has 92 valence electrons. The van der Waals surface area contributed by atoms with Gasteiger partial charge in [-0.2, -0.15) is 0 Å². The monoisotopic (exact) mass is 228 g/mol. The van der Waals surface area contributed by atoms with Crippen molar-refractivity contribution in [3.05, 3.63) is 0 Å². The van der Waals surface area contributed by atoms with Crippen molar-refractivity contribution in [1.82, 2.24) is 10.6 Å². The zero-order valence-corrected chi connectivity index (χ0v) is 9.75. The fraction of sp³-hybridized carbons (Fsp3) is 0.818. The van der Waals surface area contributed by atoms with Gasteiger partial charge in [0, 0.05) is 33.2 Å².